The van der Waals surface area contributed by atoms with Crippen molar-refractivity contribution in [3.8, 4) is 11.5 Å². The van der Waals surface area contributed by atoms with Gasteiger partial charge in [-0.1, -0.05) is 54.9 Å². The minimum Gasteiger partial charge on any atom is -0.505 e. The number of carbonyl (C=O) groups is 1. The molecule has 4 aromatic rings. The first-order chi connectivity index (χ1) is 18.1. The molecule has 0 bridgehead atoms. The van der Waals surface area contributed by atoms with Crippen LogP contribution in [0.2, 0.25) is 5.02 Å². The van der Waals surface area contributed by atoms with E-state index >= 15 is 0 Å². The number of nitrogens with zero attached hydrogens (tertiary/aromatic N) is 2. The van der Waals surface area contributed by atoms with Crippen LogP contribution < -0.4 is 10.1 Å². The van der Waals surface area contributed by atoms with E-state index in [4.69, 9.17) is 16.3 Å². The van der Waals surface area contributed by atoms with E-state index in [-0.39, 0.29) is 22.0 Å². The van der Waals surface area contributed by atoms with Gasteiger partial charge in [-0.05, 0) is 54.6 Å². The summed E-state index contributed by atoms with van der Waals surface area (Å²) < 4.78 is 38.8. The summed E-state index contributed by atoms with van der Waals surface area (Å²) in [5.41, 5.74) is 0.874. The molecule has 38 heavy (non-hydrogen) atoms. The molecule has 0 heterocycles. The van der Waals surface area contributed by atoms with Gasteiger partial charge in [0.05, 0.1) is 22.9 Å². The predicted molar refractivity (Wildman–Crippen MR) is 146 cm³/mol. The Bertz CT molecular complexity index is 1670. The molecule has 0 fully saturated rings. The van der Waals surface area contributed by atoms with Crippen molar-refractivity contribution in [1.82, 2.24) is 0 Å². The van der Waals surface area contributed by atoms with Crippen molar-refractivity contribution in [2.45, 2.75) is 25.2 Å². The molecule has 0 atom stereocenters. The maximum Gasteiger partial charge on any atom is 0.296 e. The molecule has 1 amide bonds. The number of hydrogen-bond acceptors (Lipinski definition) is 7. The highest BCUT2D eigenvalue weighted by Gasteiger charge is 2.21. The van der Waals surface area contributed by atoms with Gasteiger partial charge in [0.1, 0.15) is 22.0 Å². The number of para-hydroxylation sites is 2. The van der Waals surface area contributed by atoms with Crippen LogP contribution in [0.25, 0.3) is 10.8 Å². The standard InChI is InChI=1S/C27H24ClN3O6S/c1-3-16-13-21(24(28)23(14-16)38(34,35)36)30-31-25-18-10-6-5-9-17(18)15-19(26(25)32)27(33)29-20-11-7-8-12-22(20)37-4-2/h5-15,32H,3-4H2,1-2H3,(H,29,33)(H,34,35,36). The average molecular weight is 554 g/mol. The number of ether oxygens (including phenoxy) is 1. The lowest BCUT2D eigenvalue weighted by Gasteiger charge is -2.13. The summed E-state index contributed by atoms with van der Waals surface area (Å²) in [5.74, 6) is -0.559. The van der Waals surface area contributed by atoms with Crippen molar-refractivity contribution in [3.63, 3.8) is 0 Å². The van der Waals surface area contributed by atoms with Gasteiger partial charge >= 0.3 is 0 Å². The van der Waals surface area contributed by atoms with E-state index in [2.05, 4.69) is 15.5 Å². The lowest BCUT2D eigenvalue weighted by atomic mass is 10.0. The third-order valence-corrected chi connectivity index (χ3v) is 7.09. The van der Waals surface area contributed by atoms with Gasteiger partial charge in [-0.2, -0.15) is 8.42 Å². The Balaban J connectivity index is 1.82. The number of aromatic hydroxyl groups is 1. The van der Waals surface area contributed by atoms with Crippen LogP contribution in [0.5, 0.6) is 11.5 Å². The Morgan fingerprint density at radius 3 is 2.45 bits per heavy atom. The number of benzene rings is 4. The fourth-order valence-corrected chi connectivity index (χ4v) is 4.91. The van der Waals surface area contributed by atoms with Crippen LogP contribution in [-0.4, -0.2) is 30.6 Å². The molecule has 0 aliphatic rings. The van der Waals surface area contributed by atoms with Crippen molar-refractivity contribution in [2.24, 2.45) is 10.2 Å². The van der Waals surface area contributed by atoms with E-state index in [0.29, 0.717) is 40.8 Å². The zero-order valence-corrected chi connectivity index (χ0v) is 22.0. The smallest absolute Gasteiger partial charge is 0.296 e. The first-order valence-electron chi connectivity index (χ1n) is 11.6. The van der Waals surface area contributed by atoms with Crippen molar-refractivity contribution in [1.29, 1.82) is 0 Å². The number of carbonyl (C=O) groups excluding carboxylic acids is 1. The minimum absolute atomic E-state index is 0.0160. The maximum absolute atomic E-state index is 13.2. The van der Waals surface area contributed by atoms with Crippen LogP contribution in [0.15, 0.2) is 81.9 Å². The highest BCUT2D eigenvalue weighted by atomic mass is 35.5. The van der Waals surface area contributed by atoms with E-state index in [1.807, 2.05) is 6.92 Å². The number of azo groups is 1. The van der Waals surface area contributed by atoms with Crippen LogP contribution in [0.4, 0.5) is 17.1 Å². The molecular weight excluding hydrogens is 530 g/mol. The molecule has 0 aromatic heterocycles. The Morgan fingerprint density at radius 1 is 1.03 bits per heavy atom. The number of phenolic OH excluding ortho intramolecular Hbond substituents is 1. The second-order valence-corrected chi connectivity index (χ2v) is 9.95. The molecule has 3 N–H and O–H groups in total. The fourth-order valence-electron chi connectivity index (χ4n) is 3.84. The number of amides is 1. The quantitative estimate of drug-likeness (QED) is 0.157. The molecule has 0 saturated carbocycles. The van der Waals surface area contributed by atoms with Gasteiger partial charge in [-0.15, -0.1) is 10.2 Å². The molecule has 0 aliphatic carbocycles. The molecule has 0 saturated heterocycles. The average Bonchev–Trinajstić information content (AvgIpc) is 2.89. The zero-order chi connectivity index (χ0) is 27.4. The Labute approximate surface area is 224 Å². The third kappa shape index (κ3) is 5.62. The van der Waals surface area contributed by atoms with E-state index in [1.165, 1.54) is 18.2 Å². The first-order valence-corrected chi connectivity index (χ1v) is 13.4. The molecular formula is C27H24ClN3O6S. The van der Waals surface area contributed by atoms with E-state index in [1.54, 1.807) is 55.5 Å². The van der Waals surface area contributed by atoms with Crippen molar-refractivity contribution in [2.75, 3.05) is 11.9 Å². The molecule has 4 rings (SSSR count). The van der Waals surface area contributed by atoms with Gasteiger partial charge in [0.15, 0.2) is 5.75 Å². The topological polar surface area (TPSA) is 138 Å². The largest absolute Gasteiger partial charge is 0.505 e. The van der Waals surface area contributed by atoms with Crippen molar-refractivity contribution in [3.05, 3.63) is 82.9 Å². The lowest BCUT2D eigenvalue weighted by molar-refractivity contribution is 0.102. The number of fused-ring (bicyclic) bond motifs is 1. The summed E-state index contributed by atoms with van der Waals surface area (Å²) in [6.45, 7) is 4.02. The lowest BCUT2D eigenvalue weighted by Crippen LogP contribution is -2.13. The molecule has 0 radical (unpaired) electrons. The Kier molecular flexibility index (Phi) is 7.96. The van der Waals surface area contributed by atoms with Gasteiger partial charge in [-0.3, -0.25) is 9.35 Å². The number of anilines is 1. The molecule has 0 unspecified atom stereocenters. The SMILES string of the molecule is CCOc1ccccc1NC(=O)c1cc2ccccc2c(N=Nc2cc(CC)cc(S(=O)(=O)O)c2Cl)c1O. The van der Waals surface area contributed by atoms with Gasteiger partial charge in [0.2, 0.25) is 0 Å². The number of phenols is 1. The molecule has 196 valence electrons. The second-order valence-electron chi connectivity index (χ2n) is 8.18. The van der Waals surface area contributed by atoms with Gasteiger partial charge in [0, 0.05) is 5.39 Å². The van der Waals surface area contributed by atoms with Crippen LogP contribution in [-0.2, 0) is 16.5 Å². The van der Waals surface area contributed by atoms with Crippen LogP contribution in [0.3, 0.4) is 0 Å². The van der Waals surface area contributed by atoms with E-state index in [9.17, 15) is 22.9 Å². The number of halogens is 1. The fraction of sp³-hybridized carbons (Fsp3) is 0.148. The van der Waals surface area contributed by atoms with Crippen LogP contribution in [0.1, 0.15) is 29.8 Å². The summed E-state index contributed by atoms with van der Waals surface area (Å²) in [4.78, 5) is 12.7. The first kappa shape index (κ1) is 27.1. The summed E-state index contributed by atoms with van der Waals surface area (Å²) in [6, 6.07) is 18.2. The molecule has 4 aromatic carbocycles. The Morgan fingerprint density at radius 2 is 1.74 bits per heavy atom. The zero-order valence-electron chi connectivity index (χ0n) is 20.5. The minimum atomic E-state index is -4.62. The second kappa shape index (κ2) is 11.2. The highest BCUT2D eigenvalue weighted by Crippen LogP contribution is 2.41. The number of rotatable bonds is 8. The molecule has 0 spiro atoms. The van der Waals surface area contributed by atoms with E-state index in [0.717, 1.165) is 0 Å². The maximum atomic E-state index is 13.2. The number of hydrogen-bond donors (Lipinski definition) is 3. The highest BCUT2D eigenvalue weighted by molar-refractivity contribution is 7.86. The normalized spacial score (nSPS) is 11.7. The van der Waals surface area contributed by atoms with Crippen molar-refractivity contribution < 1.29 is 27.6 Å². The molecule has 11 heteroatoms. The Hall–Kier alpha value is -3.99. The summed E-state index contributed by atoms with van der Waals surface area (Å²) in [5, 5.41) is 22.9. The predicted octanol–water partition coefficient (Wildman–Crippen LogP) is 7.07. The molecule has 0 aliphatic heterocycles. The van der Waals surface area contributed by atoms with Gasteiger partial charge in [-0.25, -0.2) is 0 Å². The molecule has 9 nitrogen and oxygen atoms in total. The summed E-state index contributed by atoms with van der Waals surface area (Å²) in [7, 11) is -4.62. The van der Waals surface area contributed by atoms with Gasteiger partial charge in [0.25, 0.3) is 16.0 Å². The third-order valence-electron chi connectivity index (χ3n) is 5.70. The number of nitrogens with one attached hydrogen (secondary N) is 1. The van der Waals surface area contributed by atoms with Crippen LogP contribution in [0, 0.1) is 0 Å². The summed E-state index contributed by atoms with van der Waals surface area (Å²) in [6.07, 6.45) is 0.440. The summed E-state index contributed by atoms with van der Waals surface area (Å²) >= 11 is 6.23. The van der Waals surface area contributed by atoms with Crippen molar-refractivity contribution >= 4 is 55.5 Å². The van der Waals surface area contributed by atoms with Crippen LogP contribution >= 0.6 is 11.6 Å². The van der Waals surface area contributed by atoms with Gasteiger partial charge < -0.3 is 15.2 Å². The number of aryl methyl sites for hydroxylation is 1. The van der Waals surface area contributed by atoms with E-state index < -0.39 is 26.7 Å². The monoisotopic (exact) mass is 553 g/mol.